The Bertz CT molecular complexity index is 1030. The van der Waals surface area contributed by atoms with Crippen molar-refractivity contribution in [2.45, 2.75) is 39.4 Å². The number of tetrazole rings is 1. The number of hydrogen-bond donors (Lipinski definition) is 0. The first-order valence-electron chi connectivity index (χ1n) is 12.1. The van der Waals surface area contributed by atoms with Gasteiger partial charge in [-0.05, 0) is 46.5 Å². The number of benzene rings is 2. The first kappa shape index (κ1) is 24.2. The Hall–Kier alpha value is -2.97. The topological polar surface area (TPSA) is 68.5 Å². The van der Waals surface area contributed by atoms with Crippen molar-refractivity contribution in [1.29, 1.82) is 0 Å². The summed E-state index contributed by atoms with van der Waals surface area (Å²) in [7, 11) is 3.40. The molecule has 0 radical (unpaired) electrons. The van der Waals surface area contributed by atoms with Gasteiger partial charge in [0.1, 0.15) is 17.5 Å². The maximum absolute atomic E-state index is 5.78. The molecule has 0 N–H and O–H groups in total. The van der Waals surface area contributed by atoms with E-state index in [4.69, 9.17) is 9.47 Å². The zero-order valence-corrected chi connectivity index (χ0v) is 20.7. The van der Waals surface area contributed by atoms with Crippen molar-refractivity contribution in [3.8, 4) is 11.5 Å². The van der Waals surface area contributed by atoms with Crippen molar-refractivity contribution in [2.24, 2.45) is 5.92 Å². The lowest BCUT2D eigenvalue weighted by Crippen LogP contribution is -2.48. The van der Waals surface area contributed by atoms with Crippen LogP contribution in [-0.4, -0.2) is 70.4 Å². The van der Waals surface area contributed by atoms with E-state index < -0.39 is 0 Å². The van der Waals surface area contributed by atoms with E-state index >= 15 is 0 Å². The number of methoxy groups -OCH3 is 2. The highest BCUT2D eigenvalue weighted by Crippen LogP contribution is 2.37. The monoisotopic (exact) mass is 464 g/mol. The van der Waals surface area contributed by atoms with Crippen LogP contribution in [-0.2, 0) is 13.1 Å². The van der Waals surface area contributed by atoms with Crippen LogP contribution in [0.1, 0.15) is 43.3 Å². The Balaban J connectivity index is 1.62. The third-order valence-corrected chi connectivity index (χ3v) is 6.47. The Labute approximate surface area is 202 Å². The van der Waals surface area contributed by atoms with Gasteiger partial charge in [0.05, 0.1) is 14.2 Å². The van der Waals surface area contributed by atoms with Crippen LogP contribution in [0.25, 0.3) is 0 Å². The van der Waals surface area contributed by atoms with E-state index in [0.29, 0.717) is 5.92 Å². The summed E-state index contributed by atoms with van der Waals surface area (Å²) in [6.07, 6.45) is 1.02. The number of aryl methyl sites for hydroxylation is 1. The third-order valence-electron chi connectivity index (χ3n) is 6.47. The summed E-state index contributed by atoms with van der Waals surface area (Å²) < 4.78 is 13.3. The fourth-order valence-electron chi connectivity index (χ4n) is 4.52. The molecule has 1 aliphatic rings. The average molecular weight is 465 g/mol. The molecular formula is C26H36N6O2. The van der Waals surface area contributed by atoms with Crippen molar-refractivity contribution < 1.29 is 9.47 Å². The van der Waals surface area contributed by atoms with Gasteiger partial charge in [0.2, 0.25) is 0 Å². The van der Waals surface area contributed by atoms with Crippen LogP contribution >= 0.6 is 0 Å². The number of nitrogens with zero attached hydrogens (tertiary/aromatic N) is 6. The van der Waals surface area contributed by atoms with Crippen LogP contribution in [0.3, 0.4) is 0 Å². The van der Waals surface area contributed by atoms with E-state index in [1.54, 1.807) is 14.2 Å². The van der Waals surface area contributed by atoms with Crippen molar-refractivity contribution in [2.75, 3.05) is 40.4 Å². The minimum atomic E-state index is -0.119. The zero-order chi connectivity index (χ0) is 23.9. The summed E-state index contributed by atoms with van der Waals surface area (Å²) in [4.78, 5) is 4.98. The summed E-state index contributed by atoms with van der Waals surface area (Å²) in [5.41, 5.74) is 2.37. The molecule has 0 aliphatic carbocycles. The molecule has 1 aliphatic heterocycles. The lowest BCUT2D eigenvalue weighted by molar-refractivity contribution is 0.0988. The Morgan fingerprint density at radius 1 is 0.941 bits per heavy atom. The van der Waals surface area contributed by atoms with Crippen molar-refractivity contribution in [3.63, 3.8) is 0 Å². The highest BCUT2D eigenvalue weighted by Gasteiger charge is 2.33. The predicted octanol–water partition coefficient (Wildman–Crippen LogP) is 3.64. The molecule has 0 bridgehead atoms. The molecule has 1 unspecified atom stereocenters. The minimum Gasteiger partial charge on any atom is -0.497 e. The summed E-state index contributed by atoms with van der Waals surface area (Å²) in [5, 5.41) is 12.9. The van der Waals surface area contributed by atoms with E-state index in [0.717, 1.165) is 68.6 Å². The van der Waals surface area contributed by atoms with Gasteiger partial charge in [-0.15, -0.1) is 5.10 Å². The molecular weight excluding hydrogens is 428 g/mol. The minimum absolute atomic E-state index is 0.119. The van der Waals surface area contributed by atoms with E-state index in [1.807, 2.05) is 16.8 Å². The molecule has 182 valence electrons. The largest absolute Gasteiger partial charge is 0.497 e. The van der Waals surface area contributed by atoms with E-state index in [1.165, 1.54) is 5.56 Å². The molecule has 1 aromatic heterocycles. The van der Waals surface area contributed by atoms with Gasteiger partial charge >= 0.3 is 0 Å². The molecule has 0 amide bonds. The molecule has 3 aromatic rings. The first-order valence-corrected chi connectivity index (χ1v) is 12.1. The molecule has 2 aromatic carbocycles. The van der Waals surface area contributed by atoms with Gasteiger partial charge in [-0.1, -0.05) is 44.2 Å². The molecule has 1 saturated heterocycles. The van der Waals surface area contributed by atoms with Gasteiger partial charge in [0.15, 0.2) is 5.82 Å². The SMILES string of the molecule is COc1ccc(OC)c(C(c2nnnn2CCC(C)C)N2CCN(Cc3ccccc3)CC2)c1. The number of aromatic nitrogens is 4. The van der Waals surface area contributed by atoms with Crippen LogP contribution in [0.5, 0.6) is 11.5 Å². The highest BCUT2D eigenvalue weighted by atomic mass is 16.5. The van der Waals surface area contributed by atoms with Gasteiger partial charge in [-0.3, -0.25) is 9.80 Å². The Morgan fingerprint density at radius 2 is 1.71 bits per heavy atom. The summed E-state index contributed by atoms with van der Waals surface area (Å²) >= 11 is 0. The van der Waals surface area contributed by atoms with Gasteiger partial charge in [-0.25, -0.2) is 4.68 Å². The summed E-state index contributed by atoms with van der Waals surface area (Å²) in [5.74, 6) is 3.03. The normalized spacial score (nSPS) is 16.0. The Kier molecular flexibility index (Phi) is 8.13. The lowest BCUT2D eigenvalue weighted by atomic mass is 10.0. The van der Waals surface area contributed by atoms with Gasteiger partial charge in [0.25, 0.3) is 0 Å². The number of hydrogen-bond acceptors (Lipinski definition) is 7. The second kappa shape index (κ2) is 11.4. The molecule has 8 nitrogen and oxygen atoms in total. The molecule has 4 rings (SSSR count). The molecule has 1 atom stereocenters. The maximum Gasteiger partial charge on any atom is 0.173 e. The van der Waals surface area contributed by atoms with E-state index in [2.05, 4.69) is 75.6 Å². The smallest absolute Gasteiger partial charge is 0.173 e. The zero-order valence-electron chi connectivity index (χ0n) is 20.7. The third kappa shape index (κ3) is 5.74. The standard InChI is InChI=1S/C26H36N6O2/c1-20(2)12-13-32-26(27-28-29-32)25(23-18-22(33-3)10-11-24(23)34-4)31-16-14-30(15-17-31)19-21-8-6-5-7-9-21/h5-11,18,20,25H,12-17,19H2,1-4H3. The second-order valence-corrected chi connectivity index (χ2v) is 9.25. The van der Waals surface area contributed by atoms with Crippen molar-refractivity contribution in [1.82, 2.24) is 30.0 Å². The highest BCUT2D eigenvalue weighted by molar-refractivity contribution is 5.44. The molecule has 34 heavy (non-hydrogen) atoms. The predicted molar refractivity (Wildman–Crippen MR) is 132 cm³/mol. The number of ether oxygens (including phenoxy) is 2. The van der Waals surface area contributed by atoms with E-state index in [9.17, 15) is 0 Å². The second-order valence-electron chi connectivity index (χ2n) is 9.25. The average Bonchev–Trinajstić information content (AvgIpc) is 3.32. The van der Waals surface area contributed by atoms with Gasteiger partial charge in [-0.2, -0.15) is 0 Å². The number of piperazine rings is 1. The summed E-state index contributed by atoms with van der Waals surface area (Å²) in [6, 6.07) is 16.5. The van der Waals surface area contributed by atoms with Crippen LogP contribution < -0.4 is 9.47 Å². The molecule has 0 spiro atoms. The lowest BCUT2D eigenvalue weighted by Gasteiger charge is -2.39. The van der Waals surface area contributed by atoms with Crippen LogP contribution in [0.4, 0.5) is 0 Å². The van der Waals surface area contributed by atoms with Crippen LogP contribution in [0.15, 0.2) is 48.5 Å². The molecule has 0 saturated carbocycles. The van der Waals surface area contributed by atoms with Gasteiger partial charge in [0, 0.05) is 44.8 Å². The van der Waals surface area contributed by atoms with Crippen molar-refractivity contribution in [3.05, 3.63) is 65.5 Å². The molecule has 8 heteroatoms. The van der Waals surface area contributed by atoms with Crippen LogP contribution in [0.2, 0.25) is 0 Å². The van der Waals surface area contributed by atoms with E-state index in [-0.39, 0.29) is 6.04 Å². The van der Waals surface area contributed by atoms with Crippen LogP contribution in [0, 0.1) is 5.92 Å². The first-order chi connectivity index (χ1) is 16.6. The fraction of sp³-hybridized carbons (Fsp3) is 0.500. The number of rotatable bonds is 10. The Morgan fingerprint density at radius 3 is 2.38 bits per heavy atom. The molecule has 2 heterocycles. The fourth-order valence-corrected chi connectivity index (χ4v) is 4.52. The summed E-state index contributed by atoms with van der Waals surface area (Å²) in [6.45, 7) is 9.97. The maximum atomic E-state index is 5.78. The van der Waals surface area contributed by atoms with Gasteiger partial charge < -0.3 is 9.47 Å². The molecule has 1 fully saturated rings. The quantitative estimate of drug-likeness (QED) is 0.454. The van der Waals surface area contributed by atoms with Crippen molar-refractivity contribution >= 4 is 0 Å².